The smallest absolute Gasteiger partial charge is 0.250 e. The number of amides is 2. The molecule has 0 aromatic heterocycles. The molecule has 2 aromatic rings. The zero-order valence-corrected chi connectivity index (χ0v) is 12.9. The van der Waals surface area contributed by atoms with E-state index in [1.54, 1.807) is 42.5 Å². The number of benzene rings is 2. The van der Waals surface area contributed by atoms with E-state index in [-0.39, 0.29) is 5.91 Å². The third kappa shape index (κ3) is 2.91. The molecule has 22 heavy (non-hydrogen) atoms. The van der Waals surface area contributed by atoms with Crippen molar-refractivity contribution in [3.05, 3.63) is 75.8 Å². The molecule has 2 aromatic carbocycles. The van der Waals surface area contributed by atoms with Gasteiger partial charge in [0, 0.05) is 16.1 Å². The van der Waals surface area contributed by atoms with Crippen LogP contribution in [0, 0.1) is 0 Å². The molecule has 1 unspecified atom stereocenters. The van der Waals surface area contributed by atoms with Crippen LogP contribution >= 0.6 is 23.2 Å². The first-order valence-corrected chi connectivity index (χ1v) is 7.38. The van der Waals surface area contributed by atoms with E-state index >= 15 is 0 Å². The summed E-state index contributed by atoms with van der Waals surface area (Å²) in [5.41, 5.74) is 2.13. The maximum Gasteiger partial charge on any atom is 0.250 e. The summed E-state index contributed by atoms with van der Waals surface area (Å²) in [4.78, 5) is 24.0. The van der Waals surface area contributed by atoms with Crippen molar-refractivity contribution in [3.8, 4) is 0 Å². The number of carbonyl (C=O) groups is 2. The van der Waals surface area contributed by atoms with Crippen LogP contribution in [0.5, 0.6) is 0 Å². The van der Waals surface area contributed by atoms with E-state index in [0.29, 0.717) is 15.6 Å². The monoisotopic (exact) mass is 331 g/mol. The Bertz CT molecular complexity index is 782. The minimum absolute atomic E-state index is 0.357. The Morgan fingerprint density at radius 2 is 1.64 bits per heavy atom. The van der Waals surface area contributed by atoms with E-state index in [4.69, 9.17) is 23.2 Å². The van der Waals surface area contributed by atoms with Gasteiger partial charge >= 0.3 is 0 Å². The molecular weight excluding hydrogens is 321 g/mol. The minimum Gasteiger partial charge on any atom is -0.292 e. The quantitative estimate of drug-likeness (QED) is 0.850. The molecule has 110 valence electrons. The molecule has 0 fully saturated rings. The number of hydrogen-bond donors (Lipinski definition) is 1. The summed E-state index contributed by atoms with van der Waals surface area (Å²) in [5.74, 6) is -1.36. The maximum absolute atomic E-state index is 12.3. The molecule has 0 bridgehead atoms. The summed E-state index contributed by atoms with van der Waals surface area (Å²) in [5, 5.41) is 3.47. The fraction of sp³-hybridized carbons (Fsp3) is 0.0588. The average molecular weight is 332 g/mol. The van der Waals surface area contributed by atoms with Gasteiger partial charge in [0.05, 0.1) is 5.92 Å². The van der Waals surface area contributed by atoms with Crippen molar-refractivity contribution in [2.75, 3.05) is 0 Å². The molecule has 0 aliphatic carbocycles. The lowest BCUT2D eigenvalue weighted by molar-refractivity contribution is -0.128. The van der Waals surface area contributed by atoms with Gasteiger partial charge in [0.25, 0.3) is 5.91 Å². The van der Waals surface area contributed by atoms with Gasteiger partial charge in [-0.1, -0.05) is 47.5 Å². The fourth-order valence-electron chi connectivity index (χ4n) is 2.50. The number of hydrogen-bond acceptors (Lipinski definition) is 2. The number of nitrogens with one attached hydrogen (secondary N) is 1. The molecule has 0 saturated heterocycles. The predicted molar refractivity (Wildman–Crippen MR) is 86.8 cm³/mol. The molecule has 1 atom stereocenters. The molecule has 2 amide bonds. The van der Waals surface area contributed by atoms with Gasteiger partial charge in [-0.25, -0.2) is 0 Å². The third-order valence-corrected chi connectivity index (χ3v) is 3.95. The highest BCUT2D eigenvalue weighted by Gasteiger charge is 2.31. The predicted octanol–water partition coefficient (Wildman–Crippen LogP) is 3.82. The lowest BCUT2D eigenvalue weighted by atomic mass is 9.84. The molecule has 0 spiro atoms. The van der Waals surface area contributed by atoms with Crippen molar-refractivity contribution in [1.82, 2.24) is 5.32 Å². The Hall–Kier alpha value is -2.10. The molecule has 1 aliphatic heterocycles. The van der Waals surface area contributed by atoms with Crippen LogP contribution in [0.4, 0.5) is 0 Å². The van der Waals surface area contributed by atoms with Crippen LogP contribution in [-0.2, 0) is 9.59 Å². The van der Waals surface area contributed by atoms with Gasteiger partial charge in [0.15, 0.2) is 0 Å². The number of halogens is 2. The first kappa shape index (κ1) is 14.8. The lowest BCUT2D eigenvalue weighted by Crippen LogP contribution is -2.38. The molecule has 3 nitrogen and oxygen atoms in total. The highest BCUT2D eigenvalue weighted by molar-refractivity contribution is 6.31. The van der Waals surface area contributed by atoms with E-state index in [1.165, 1.54) is 6.08 Å². The van der Waals surface area contributed by atoms with Crippen LogP contribution in [0.25, 0.3) is 5.57 Å². The zero-order valence-electron chi connectivity index (χ0n) is 11.3. The largest absolute Gasteiger partial charge is 0.292 e. The van der Waals surface area contributed by atoms with E-state index in [9.17, 15) is 9.59 Å². The SMILES string of the molecule is O=C1C=C(c2cccc(Cl)c2)C(c2ccc(Cl)cc2)C(=O)N1. The van der Waals surface area contributed by atoms with Crippen molar-refractivity contribution < 1.29 is 9.59 Å². The van der Waals surface area contributed by atoms with Crippen LogP contribution < -0.4 is 5.32 Å². The molecule has 1 aliphatic rings. The first-order chi connectivity index (χ1) is 10.5. The topological polar surface area (TPSA) is 46.2 Å². The van der Waals surface area contributed by atoms with Gasteiger partial charge in [0.1, 0.15) is 0 Å². The second-order valence-corrected chi connectivity index (χ2v) is 5.82. The maximum atomic E-state index is 12.3. The molecule has 0 saturated carbocycles. The van der Waals surface area contributed by atoms with Crippen molar-refractivity contribution in [2.24, 2.45) is 0 Å². The van der Waals surface area contributed by atoms with Gasteiger partial charge < -0.3 is 0 Å². The lowest BCUT2D eigenvalue weighted by Gasteiger charge is -2.24. The molecule has 1 heterocycles. The van der Waals surface area contributed by atoms with Crippen molar-refractivity contribution in [1.29, 1.82) is 0 Å². The van der Waals surface area contributed by atoms with E-state index in [2.05, 4.69) is 5.32 Å². The molecule has 0 radical (unpaired) electrons. The molecular formula is C17H11Cl2NO2. The van der Waals surface area contributed by atoms with Gasteiger partial charge in [-0.2, -0.15) is 0 Å². The van der Waals surface area contributed by atoms with Gasteiger partial charge in [-0.3, -0.25) is 14.9 Å². The normalized spacial score (nSPS) is 17.9. The van der Waals surface area contributed by atoms with Crippen molar-refractivity contribution >= 4 is 40.6 Å². The number of rotatable bonds is 2. The zero-order chi connectivity index (χ0) is 15.7. The number of imide groups is 1. The van der Waals surface area contributed by atoms with Crippen LogP contribution in [0.1, 0.15) is 17.0 Å². The Balaban J connectivity index is 2.12. The van der Waals surface area contributed by atoms with Crippen LogP contribution in [0.2, 0.25) is 10.0 Å². The Morgan fingerprint density at radius 3 is 2.32 bits per heavy atom. The highest BCUT2D eigenvalue weighted by Crippen LogP contribution is 2.35. The van der Waals surface area contributed by atoms with Gasteiger partial charge in [-0.05, 0) is 41.0 Å². The Kier molecular flexibility index (Phi) is 4.01. The van der Waals surface area contributed by atoms with Crippen LogP contribution in [-0.4, -0.2) is 11.8 Å². The second-order valence-electron chi connectivity index (χ2n) is 4.95. The third-order valence-electron chi connectivity index (χ3n) is 3.47. The standard InChI is InChI=1S/C17H11Cl2NO2/c18-12-6-4-10(5-7-12)16-14(9-15(21)20-17(16)22)11-2-1-3-13(19)8-11/h1-9,16H,(H,20,21,22). The summed E-state index contributed by atoms with van der Waals surface area (Å²) in [6.07, 6.45) is 1.44. The summed E-state index contributed by atoms with van der Waals surface area (Å²) >= 11 is 11.9. The van der Waals surface area contributed by atoms with E-state index < -0.39 is 11.8 Å². The summed E-state index contributed by atoms with van der Waals surface area (Å²) < 4.78 is 0. The highest BCUT2D eigenvalue weighted by atomic mass is 35.5. The Morgan fingerprint density at radius 1 is 0.909 bits per heavy atom. The van der Waals surface area contributed by atoms with Crippen molar-refractivity contribution in [2.45, 2.75) is 5.92 Å². The summed E-state index contributed by atoms with van der Waals surface area (Å²) in [7, 11) is 0. The van der Waals surface area contributed by atoms with E-state index in [1.807, 2.05) is 6.07 Å². The summed E-state index contributed by atoms with van der Waals surface area (Å²) in [6, 6.07) is 14.1. The first-order valence-electron chi connectivity index (χ1n) is 6.62. The average Bonchev–Trinajstić information content (AvgIpc) is 2.48. The van der Waals surface area contributed by atoms with Crippen molar-refractivity contribution in [3.63, 3.8) is 0 Å². The molecule has 5 heteroatoms. The molecule has 3 rings (SSSR count). The number of carbonyl (C=O) groups excluding carboxylic acids is 2. The van der Waals surface area contributed by atoms with E-state index in [0.717, 1.165) is 11.1 Å². The minimum atomic E-state index is -0.576. The summed E-state index contributed by atoms with van der Waals surface area (Å²) in [6.45, 7) is 0. The molecule has 1 N–H and O–H groups in total. The van der Waals surface area contributed by atoms with Crippen LogP contribution in [0.15, 0.2) is 54.6 Å². The van der Waals surface area contributed by atoms with Crippen LogP contribution in [0.3, 0.4) is 0 Å². The fourth-order valence-corrected chi connectivity index (χ4v) is 2.82. The van der Waals surface area contributed by atoms with Gasteiger partial charge in [-0.15, -0.1) is 0 Å². The Labute approximate surface area is 137 Å². The second kappa shape index (κ2) is 5.95. The van der Waals surface area contributed by atoms with Gasteiger partial charge in [0.2, 0.25) is 5.91 Å².